The summed E-state index contributed by atoms with van der Waals surface area (Å²) < 4.78 is 0. The number of aliphatic hydroxyl groups is 1. The summed E-state index contributed by atoms with van der Waals surface area (Å²) in [5.74, 6) is 0. The Hall–Kier alpha value is -0.590. The molecule has 0 aliphatic heterocycles. The minimum atomic E-state index is 0.219. The van der Waals surface area contributed by atoms with Crippen molar-refractivity contribution in [2.75, 3.05) is 26.2 Å². The van der Waals surface area contributed by atoms with Gasteiger partial charge >= 0.3 is 0 Å². The average Bonchev–Trinajstić information content (AvgIpc) is 2.14. The minimum Gasteiger partial charge on any atom is -0.395 e. The number of aliphatic hydroxyl groups excluding tert-OH is 1. The van der Waals surface area contributed by atoms with Crippen molar-refractivity contribution in [1.29, 1.82) is 5.26 Å². The lowest BCUT2D eigenvalue weighted by molar-refractivity contribution is 0.193. The first-order valence-corrected chi connectivity index (χ1v) is 5.05. The second-order valence-corrected chi connectivity index (χ2v) is 3.18. The van der Waals surface area contributed by atoms with E-state index in [9.17, 15) is 0 Å². The van der Waals surface area contributed by atoms with Gasteiger partial charge in [-0.1, -0.05) is 13.3 Å². The highest BCUT2D eigenvalue weighted by molar-refractivity contribution is 4.70. The molecule has 0 saturated heterocycles. The molecular formula is C10H20N2O. The fourth-order valence-electron chi connectivity index (χ4n) is 1.24. The molecule has 0 heterocycles. The highest BCUT2D eigenvalue weighted by atomic mass is 16.3. The molecule has 0 amide bonds. The van der Waals surface area contributed by atoms with Crippen LogP contribution in [0, 0.1) is 11.3 Å². The van der Waals surface area contributed by atoms with Crippen LogP contribution in [-0.4, -0.2) is 36.2 Å². The number of hydrogen-bond donors (Lipinski definition) is 1. The predicted octanol–water partition coefficient (Wildman–Crippen LogP) is 1.38. The Balaban J connectivity index is 3.48. The number of nitrogens with zero attached hydrogens (tertiary/aromatic N) is 2. The Morgan fingerprint density at radius 1 is 1.23 bits per heavy atom. The van der Waals surface area contributed by atoms with Crippen molar-refractivity contribution in [3.8, 4) is 6.07 Å². The molecule has 0 bridgehead atoms. The SMILES string of the molecule is CCCCN(CCO)CCCC#N. The third-order valence-corrected chi connectivity index (χ3v) is 2.01. The van der Waals surface area contributed by atoms with Crippen LogP contribution >= 0.6 is 0 Å². The molecule has 3 nitrogen and oxygen atoms in total. The van der Waals surface area contributed by atoms with Crippen LogP contribution in [0.1, 0.15) is 32.6 Å². The summed E-state index contributed by atoms with van der Waals surface area (Å²) in [7, 11) is 0. The van der Waals surface area contributed by atoms with E-state index in [1.807, 2.05) is 0 Å². The highest BCUT2D eigenvalue weighted by Crippen LogP contribution is 1.98. The fourth-order valence-corrected chi connectivity index (χ4v) is 1.24. The average molecular weight is 184 g/mol. The molecule has 0 aromatic carbocycles. The lowest BCUT2D eigenvalue weighted by Crippen LogP contribution is -2.29. The molecule has 0 aromatic heterocycles. The molecule has 3 heteroatoms. The monoisotopic (exact) mass is 184 g/mol. The molecule has 0 aliphatic rings. The Kier molecular flexibility index (Phi) is 9.07. The number of nitriles is 1. The van der Waals surface area contributed by atoms with Crippen molar-refractivity contribution in [3.05, 3.63) is 0 Å². The van der Waals surface area contributed by atoms with Gasteiger partial charge in [-0.05, 0) is 25.9 Å². The van der Waals surface area contributed by atoms with E-state index in [1.54, 1.807) is 0 Å². The van der Waals surface area contributed by atoms with Crippen molar-refractivity contribution in [1.82, 2.24) is 4.90 Å². The van der Waals surface area contributed by atoms with Crippen molar-refractivity contribution >= 4 is 0 Å². The van der Waals surface area contributed by atoms with Gasteiger partial charge < -0.3 is 10.0 Å². The summed E-state index contributed by atoms with van der Waals surface area (Å²) in [6, 6.07) is 2.13. The molecule has 0 spiro atoms. The largest absolute Gasteiger partial charge is 0.395 e. The number of hydrogen-bond acceptors (Lipinski definition) is 3. The standard InChI is InChI=1S/C10H20N2O/c1-2-3-7-12(9-10-13)8-5-4-6-11/h13H,2-5,7-10H2,1H3. The first kappa shape index (κ1) is 12.4. The van der Waals surface area contributed by atoms with E-state index in [2.05, 4.69) is 17.9 Å². The second-order valence-electron chi connectivity index (χ2n) is 3.18. The molecule has 0 unspecified atom stereocenters. The summed E-state index contributed by atoms with van der Waals surface area (Å²) in [4.78, 5) is 2.22. The van der Waals surface area contributed by atoms with Crippen LogP contribution in [0.2, 0.25) is 0 Å². The van der Waals surface area contributed by atoms with Crippen molar-refractivity contribution in [2.24, 2.45) is 0 Å². The fraction of sp³-hybridized carbons (Fsp3) is 0.900. The van der Waals surface area contributed by atoms with Gasteiger partial charge in [0.1, 0.15) is 0 Å². The van der Waals surface area contributed by atoms with Crippen LogP contribution < -0.4 is 0 Å². The van der Waals surface area contributed by atoms with E-state index >= 15 is 0 Å². The summed E-state index contributed by atoms with van der Waals surface area (Å²) in [6.07, 6.45) is 3.89. The van der Waals surface area contributed by atoms with Crippen LogP contribution in [0.25, 0.3) is 0 Å². The normalized spacial score (nSPS) is 10.3. The summed E-state index contributed by atoms with van der Waals surface area (Å²) in [6.45, 7) is 5.10. The molecule has 0 aromatic rings. The Morgan fingerprint density at radius 2 is 1.92 bits per heavy atom. The predicted molar refractivity (Wildman–Crippen MR) is 53.3 cm³/mol. The zero-order chi connectivity index (χ0) is 9.94. The maximum atomic E-state index is 8.79. The van der Waals surface area contributed by atoms with Gasteiger partial charge in [-0.15, -0.1) is 0 Å². The van der Waals surface area contributed by atoms with Crippen LogP contribution in [0.5, 0.6) is 0 Å². The molecule has 0 radical (unpaired) electrons. The third-order valence-electron chi connectivity index (χ3n) is 2.01. The zero-order valence-electron chi connectivity index (χ0n) is 8.50. The highest BCUT2D eigenvalue weighted by Gasteiger charge is 2.02. The van der Waals surface area contributed by atoms with Crippen LogP contribution in [0.3, 0.4) is 0 Å². The van der Waals surface area contributed by atoms with Gasteiger partial charge in [-0.3, -0.25) is 0 Å². The first-order valence-electron chi connectivity index (χ1n) is 5.05. The Bertz CT molecular complexity index is 142. The van der Waals surface area contributed by atoms with Crippen molar-refractivity contribution in [2.45, 2.75) is 32.6 Å². The van der Waals surface area contributed by atoms with E-state index in [0.29, 0.717) is 6.42 Å². The van der Waals surface area contributed by atoms with Gasteiger partial charge in [0.05, 0.1) is 12.7 Å². The molecule has 0 aliphatic carbocycles. The van der Waals surface area contributed by atoms with Gasteiger partial charge in [0, 0.05) is 13.0 Å². The molecule has 1 N–H and O–H groups in total. The summed E-state index contributed by atoms with van der Waals surface area (Å²) >= 11 is 0. The maximum absolute atomic E-state index is 8.79. The van der Waals surface area contributed by atoms with Gasteiger partial charge in [-0.2, -0.15) is 5.26 Å². The Morgan fingerprint density at radius 3 is 2.46 bits per heavy atom. The second kappa shape index (κ2) is 9.50. The molecular weight excluding hydrogens is 164 g/mol. The lowest BCUT2D eigenvalue weighted by Gasteiger charge is -2.20. The minimum absolute atomic E-state index is 0.219. The smallest absolute Gasteiger partial charge is 0.0622 e. The van der Waals surface area contributed by atoms with Crippen LogP contribution in [0.4, 0.5) is 0 Å². The van der Waals surface area contributed by atoms with Crippen molar-refractivity contribution in [3.63, 3.8) is 0 Å². The van der Waals surface area contributed by atoms with Gasteiger partial charge in [-0.25, -0.2) is 0 Å². The molecule has 0 atom stereocenters. The lowest BCUT2D eigenvalue weighted by atomic mass is 10.2. The number of unbranched alkanes of at least 4 members (excludes halogenated alkanes) is 2. The van der Waals surface area contributed by atoms with Gasteiger partial charge in [0.2, 0.25) is 0 Å². The van der Waals surface area contributed by atoms with Crippen molar-refractivity contribution < 1.29 is 5.11 Å². The molecule has 0 fully saturated rings. The maximum Gasteiger partial charge on any atom is 0.0622 e. The van der Waals surface area contributed by atoms with E-state index < -0.39 is 0 Å². The third kappa shape index (κ3) is 7.76. The zero-order valence-corrected chi connectivity index (χ0v) is 8.50. The van der Waals surface area contributed by atoms with E-state index in [-0.39, 0.29) is 6.61 Å². The van der Waals surface area contributed by atoms with E-state index in [4.69, 9.17) is 10.4 Å². The van der Waals surface area contributed by atoms with Crippen LogP contribution in [-0.2, 0) is 0 Å². The molecule has 0 rings (SSSR count). The first-order chi connectivity index (χ1) is 6.35. The summed E-state index contributed by atoms with van der Waals surface area (Å²) in [5, 5.41) is 17.2. The quantitative estimate of drug-likeness (QED) is 0.580. The van der Waals surface area contributed by atoms with Gasteiger partial charge in [0.15, 0.2) is 0 Å². The molecule has 76 valence electrons. The van der Waals surface area contributed by atoms with E-state index in [0.717, 1.165) is 26.1 Å². The molecule has 0 saturated carbocycles. The Labute approximate surface area is 81.0 Å². The van der Waals surface area contributed by atoms with Crippen LogP contribution in [0.15, 0.2) is 0 Å². The number of rotatable bonds is 8. The van der Waals surface area contributed by atoms with Gasteiger partial charge in [0.25, 0.3) is 0 Å². The van der Waals surface area contributed by atoms with E-state index in [1.165, 1.54) is 12.8 Å². The molecule has 13 heavy (non-hydrogen) atoms. The topological polar surface area (TPSA) is 47.3 Å². The summed E-state index contributed by atoms with van der Waals surface area (Å²) in [5.41, 5.74) is 0.